The molecule has 0 bridgehead atoms. The van der Waals surface area contributed by atoms with Crippen molar-refractivity contribution in [2.75, 3.05) is 19.6 Å². The van der Waals surface area contributed by atoms with Gasteiger partial charge in [-0.3, -0.25) is 9.69 Å². The molecule has 6 heteroatoms. The fraction of sp³-hybridized carbons (Fsp3) is 0.421. The van der Waals surface area contributed by atoms with Gasteiger partial charge in [-0.1, -0.05) is 18.2 Å². The lowest BCUT2D eigenvalue weighted by Gasteiger charge is -2.35. The van der Waals surface area contributed by atoms with Crippen LogP contribution in [0.3, 0.4) is 0 Å². The molecule has 0 radical (unpaired) electrons. The second-order valence-electron chi connectivity index (χ2n) is 6.52. The fourth-order valence-electron chi connectivity index (χ4n) is 3.25. The van der Waals surface area contributed by atoms with Crippen molar-refractivity contribution in [2.24, 2.45) is 0 Å². The number of benzene rings is 1. The standard InChI is InChI=1S/C19H23FN2O2S/c1-13-10-22(11-14(2)24-13)12-18(23)21-19(17-4-3-9-25-17)15-5-7-16(20)8-6-15/h3-9,13-14,19H,10-12H2,1-2H3,(H,21,23)/t13-,14-,19+/m1/s1. The van der Waals surface area contributed by atoms with Gasteiger partial charge in [0.05, 0.1) is 24.8 Å². The quantitative estimate of drug-likeness (QED) is 0.888. The van der Waals surface area contributed by atoms with Crippen LogP contribution in [0.15, 0.2) is 41.8 Å². The van der Waals surface area contributed by atoms with Gasteiger partial charge in [0, 0.05) is 18.0 Å². The van der Waals surface area contributed by atoms with E-state index >= 15 is 0 Å². The molecule has 2 aromatic rings. The molecule has 25 heavy (non-hydrogen) atoms. The first kappa shape index (κ1) is 18.0. The highest BCUT2D eigenvalue weighted by atomic mass is 32.1. The summed E-state index contributed by atoms with van der Waals surface area (Å²) in [5, 5.41) is 5.07. The van der Waals surface area contributed by atoms with Crippen molar-refractivity contribution < 1.29 is 13.9 Å². The molecule has 1 saturated heterocycles. The lowest BCUT2D eigenvalue weighted by atomic mass is 10.1. The van der Waals surface area contributed by atoms with Crippen LogP contribution in [0.25, 0.3) is 0 Å². The molecule has 134 valence electrons. The van der Waals surface area contributed by atoms with Crippen LogP contribution in [0.1, 0.15) is 30.3 Å². The van der Waals surface area contributed by atoms with Gasteiger partial charge in [-0.15, -0.1) is 11.3 Å². The molecule has 1 aliphatic rings. The monoisotopic (exact) mass is 362 g/mol. The Kier molecular flexibility index (Phi) is 5.83. The SMILES string of the molecule is C[C@@H]1CN(CC(=O)N[C@@H](c2ccc(F)cc2)c2cccs2)C[C@@H](C)O1. The van der Waals surface area contributed by atoms with Gasteiger partial charge < -0.3 is 10.1 Å². The lowest BCUT2D eigenvalue weighted by molar-refractivity contribution is -0.126. The summed E-state index contributed by atoms with van der Waals surface area (Å²) in [5.41, 5.74) is 0.876. The first-order valence-electron chi connectivity index (χ1n) is 8.47. The summed E-state index contributed by atoms with van der Waals surface area (Å²) < 4.78 is 18.9. The number of carbonyl (C=O) groups excluding carboxylic acids is 1. The van der Waals surface area contributed by atoms with Crippen molar-refractivity contribution in [2.45, 2.75) is 32.1 Å². The third-order valence-electron chi connectivity index (χ3n) is 4.20. The average molecular weight is 362 g/mol. The summed E-state index contributed by atoms with van der Waals surface area (Å²) in [6, 6.07) is 9.97. The van der Waals surface area contributed by atoms with E-state index in [0.29, 0.717) is 6.54 Å². The van der Waals surface area contributed by atoms with E-state index in [0.717, 1.165) is 23.5 Å². The number of nitrogens with one attached hydrogen (secondary N) is 1. The molecular weight excluding hydrogens is 339 g/mol. The summed E-state index contributed by atoms with van der Waals surface area (Å²) in [6.45, 7) is 5.87. The van der Waals surface area contributed by atoms with Gasteiger partial charge in [0.1, 0.15) is 5.82 Å². The largest absolute Gasteiger partial charge is 0.373 e. The van der Waals surface area contributed by atoms with Crippen LogP contribution in [-0.2, 0) is 9.53 Å². The number of morpholine rings is 1. The number of ether oxygens (including phenoxy) is 1. The van der Waals surface area contributed by atoms with Gasteiger partial charge in [-0.05, 0) is 43.0 Å². The molecule has 1 fully saturated rings. The van der Waals surface area contributed by atoms with E-state index < -0.39 is 0 Å². The van der Waals surface area contributed by atoms with Crippen LogP contribution in [0.2, 0.25) is 0 Å². The Morgan fingerprint density at radius 1 is 1.28 bits per heavy atom. The molecule has 4 nitrogen and oxygen atoms in total. The van der Waals surface area contributed by atoms with Gasteiger partial charge in [-0.25, -0.2) is 4.39 Å². The third-order valence-corrected chi connectivity index (χ3v) is 5.14. The Bertz CT molecular complexity index is 680. The van der Waals surface area contributed by atoms with Crippen molar-refractivity contribution in [3.63, 3.8) is 0 Å². The number of amides is 1. The maximum Gasteiger partial charge on any atom is 0.234 e. The van der Waals surface area contributed by atoms with Crippen molar-refractivity contribution in [1.82, 2.24) is 10.2 Å². The van der Waals surface area contributed by atoms with Crippen LogP contribution in [-0.4, -0.2) is 42.6 Å². The number of hydrogen-bond acceptors (Lipinski definition) is 4. The van der Waals surface area contributed by atoms with Crippen LogP contribution in [0.4, 0.5) is 4.39 Å². The Labute approximate surface area is 151 Å². The topological polar surface area (TPSA) is 41.6 Å². The number of thiophene rings is 1. The van der Waals surface area contributed by atoms with E-state index in [1.807, 2.05) is 31.4 Å². The molecule has 1 amide bonds. The van der Waals surface area contributed by atoms with Crippen molar-refractivity contribution in [3.05, 3.63) is 58.0 Å². The van der Waals surface area contributed by atoms with Gasteiger partial charge in [0.15, 0.2) is 0 Å². The molecule has 2 heterocycles. The lowest BCUT2D eigenvalue weighted by Crippen LogP contribution is -2.49. The zero-order valence-electron chi connectivity index (χ0n) is 14.4. The number of rotatable bonds is 5. The summed E-state index contributed by atoms with van der Waals surface area (Å²) in [4.78, 5) is 15.8. The Hall–Kier alpha value is -1.76. The zero-order valence-corrected chi connectivity index (χ0v) is 15.3. The van der Waals surface area contributed by atoms with Crippen LogP contribution >= 0.6 is 11.3 Å². The first-order chi connectivity index (χ1) is 12.0. The second kappa shape index (κ2) is 8.08. The summed E-state index contributed by atoms with van der Waals surface area (Å²) in [5.74, 6) is -0.319. The highest BCUT2D eigenvalue weighted by molar-refractivity contribution is 7.10. The van der Waals surface area contributed by atoms with Crippen LogP contribution in [0, 0.1) is 5.82 Å². The Morgan fingerprint density at radius 2 is 1.96 bits per heavy atom. The molecule has 1 aromatic carbocycles. The van der Waals surface area contributed by atoms with Crippen molar-refractivity contribution in [1.29, 1.82) is 0 Å². The predicted octanol–water partition coefficient (Wildman–Crippen LogP) is 3.20. The summed E-state index contributed by atoms with van der Waals surface area (Å²) in [6.07, 6.45) is 0.253. The van der Waals surface area contributed by atoms with E-state index in [-0.39, 0.29) is 30.0 Å². The fourth-order valence-corrected chi connectivity index (χ4v) is 4.06. The molecule has 0 unspecified atom stereocenters. The molecular formula is C19H23FN2O2S. The maximum atomic E-state index is 13.2. The second-order valence-corrected chi connectivity index (χ2v) is 7.50. The minimum absolute atomic E-state index is 0.0379. The number of carbonyl (C=O) groups is 1. The Morgan fingerprint density at radius 3 is 2.56 bits per heavy atom. The number of nitrogens with zero attached hydrogens (tertiary/aromatic N) is 1. The van der Waals surface area contributed by atoms with Crippen LogP contribution < -0.4 is 5.32 Å². The molecule has 0 spiro atoms. The predicted molar refractivity (Wildman–Crippen MR) is 97.2 cm³/mol. The molecule has 1 aromatic heterocycles. The highest BCUT2D eigenvalue weighted by Crippen LogP contribution is 2.26. The van der Waals surface area contributed by atoms with Crippen LogP contribution in [0.5, 0.6) is 0 Å². The summed E-state index contributed by atoms with van der Waals surface area (Å²) >= 11 is 1.58. The van der Waals surface area contributed by atoms with Gasteiger partial charge >= 0.3 is 0 Å². The molecule has 1 N–H and O–H groups in total. The minimum atomic E-state index is -0.281. The van der Waals surface area contributed by atoms with Gasteiger partial charge in [0.25, 0.3) is 0 Å². The average Bonchev–Trinajstić information content (AvgIpc) is 3.06. The van der Waals surface area contributed by atoms with E-state index in [4.69, 9.17) is 4.74 Å². The molecule has 1 aliphatic heterocycles. The maximum absolute atomic E-state index is 13.2. The van der Waals surface area contributed by atoms with Gasteiger partial charge in [-0.2, -0.15) is 0 Å². The van der Waals surface area contributed by atoms with E-state index in [1.54, 1.807) is 23.5 Å². The molecule has 3 rings (SSSR count). The third kappa shape index (κ3) is 4.87. The molecule has 0 aliphatic carbocycles. The summed E-state index contributed by atoms with van der Waals surface area (Å²) in [7, 11) is 0. The normalized spacial score (nSPS) is 22.5. The minimum Gasteiger partial charge on any atom is -0.373 e. The van der Waals surface area contributed by atoms with E-state index in [2.05, 4.69) is 10.2 Å². The number of hydrogen-bond donors (Lipinski definition) is 1. The highest BCUT2D eigenvalue weighted by Gasteiger charge is 2.25. The van der Waals surface area contributed by atoms with Crippen molar-refractivity contribution in [3.8, 4) is 0 Å². The first-order valence-corrected chi connectivity index (χ1v) is 9.35. The van der Waals surface area contributed by atoms with Crippen molar-refractivity contribution >= 4 is 17.2 Å². The smallest absolute Gasteiger partial charge is 0.234 e. The zero-order chi connectivity index (χ0) is 17.8. The molecule has 0 saturated carbocycles. The van der Waals surface area contributed by atoms with Gasteiger partial charge in [0.2, 0.25) is 5.91 Å². The van der Waals surface area contributed by atoms with E-state index in [9.17, 15) is 9.18 Å². The van der Waals surface area contributed by atoms with E-state index in [1.165, 1.54) is 12.1 Å². The Balaban J connectivity index is 1.70. The molecule has 3 atom stereocenters. The number of halogens is 1.